The molecule has 1 amide bonds. The van der Waals surface area contributed by atoms with Crippen molar-refractivity contribution in [1.29, 1.82) is 0 Å². The highest BCUT2D eigenvalue weighted by Gasteiger charge is 2.26. The summed E-state index contributed by atoms with van der Waals surface area (Å²) in [4.78, 5) is 25.1. The largest absolute Gasteiger partial charge is 0.466 e. The third-order valence-electron chi connectivity index (χ3n) is 3.26. The summed E-state index contributed by atoms with van der Waals surface area (Å²) in [5.41, 5.74) is 0. The van der Waals surface area contributed by atoms with Crippen molar-refractivity contribution in [1.82, 2.24) is 4.90 Å². The summed E-state index contributed by atoms with van der Waals surface area (Å²) in [6.07, 6.45) is 4.05. The first kappa shape index (κ1) is 15.0. The van der Waals surface area contributed by atoms with Gasteiger partial charge in [-0.25, -0.2) is 0 Å². The summed E-state index contributed by atoms with van der Waals surface area (Å²) in [5, 5.41) is 8.99. The predicted molar refractivity (Wildman–Crippen MR) is 66.9 cm³/mol. The molecule has 0 radical (unpaired) electrons. The molecule has 0 spiro atoms. The standard InChI is InChI=1S/C13H23NO4/c1-2-18-13(17)7-6-12(16)14-9-4-3-5-11(14)8-10-15/h11,15H,2-10H2,1H3. The van der Waals surface area contributed by atoms with E-state index in [4.69, 9.17) is 9.84 Å². The number of ether oxygens (including phenoxy) is 1. The number of nitrogens with zero attached hydrogens (tertiary/aromatic N) is 1. The molecular formula is C13H23NO4. The third-order valence-corrected chi connectivity index (χ3v) is 3.26. The van der Waals surface area contributed by atoms with Gasteiger partial charge >= 0.3 is 5.97 Å². The molecule has 1 aliphatic rings. The predicted octanol–water partition coefficient (Wildman–Crippen LogP) is 1.09. The number of rotatable bonds is 6. The molecule has 1 heterocycles. The third kappa shape index (κ3) is 4.64. The Morgan fingerprint density at radius 2 is 2.11 bits per heavy atom. The van der Waals surface area contributed by atoms with Crippen LogP contribution in [0.2, 0.25) is 0 Å². The van der Waals surface area contributed by atoms with E-state index in [1.165, 1.54) is 0 Å². The van der Waals surface area contributed by atoms with Crippen molar-refractivity contribution in [2.45, 2.75) is 51.5 Å². The first-order chi connectivity index (χ1) is 8.69. The molecule has 0 aromatic heterocycles. The first-order valence-corrected chi connectivity index (χ1v) is 6.75. The number of aliphatic hydroxyl groups is 1. The number of carbonyl (C=O) groups excluding carboxylic acids is 2. The molecule has 1 atom stereocenters. The van der Waals surface area contributed by atoms with Gasteiger partial charge in [-0.3, -0.25) is 9.59 Å². The highest BCUT2D eigenvalue weighted by molar-refractivity contribution is 5.81. The van der Waals surface area contributed by atoms with Gasteiger partial charge < -0.3 is 14.7 Å². The SMILES string of the molecule is CCOC(=O)CCC(=O)N1CCCCC1CCO. The van der Waals surface area contributed by atoms with Gasteiger partial charge in [-0.05, 0) is 32.6 Å². The van der Waals surface area contributed by atoms with Crippen LogP contribution in [0.25, 0.3) is 0 Å². The van der Waals surface area contributed by atoms with Crippen molar-refractivity contribution in [2.75, 3.05) is 19.8 Å². The minimum Gasteiger partial charge on any atom is -0.466 e. The number of hydrogen-bond donors (Lipinski definition) is 1. The Kier molecular flexibility index (Phi) is 6.72. The molecule has 104 valence electrons. The second kappa shape index (κ2) is 8.08. The minimum atomic E-state index is -0.318. The van der Waals surface area contributed by atoms with E-state index in [1.54, 1.807) is 6.92 Å². The molecule has 0 aromatic carbocycles. The van der Waals surface area contributed by atoms with E-state index in [-0.39, 0.29) is 37.4 Å². The van der Waals surface area contributed by atoms with Gasteiger partial charge in [0.2, 0.25) is 5.91 Å². The van der Waals surface area contributed by atoms with Gasteiger partial charge in [0.25, 0.3) is 0 Å². The van der Waals surface area contributed by atoms with Crippen LogP contribution in [0.4, 0.5) is 0 Å². The summed E-state index contributed by atoms with van der Waals surface area (Å²) in [5.74, 6) is -0.317. The van der Waals surface area contributed by atoms with E-state index in [9.17, 15) is 9.59 Å². The van der Waals surface area contributed by atoms with Crippen LogP contribution >= 0.6 is 0 Å². The lowest BCUT2D eigenvalue weighted by atomic mass is 9.99. The van der Waals surface area contributed by atoms with Crippen molar-refractivity contribution in [2.24, 2.45) is 0 Å². The summed E-state index contributed by atoms with van der Waals surface area (Å²) in [6, 6.07) is 0.137. The maximum atomic E-state index is 12.0. The van der Waals surface area contributed by atoms with E-state index in [0.29, 0.717) is 13.0 Å². The molecule has 0 aromatic rings. The zero-order valence-electron chi connectivity index (χ0n) is 11.1. The van der Waals surface area contributed by atoms with E-state index < -0.39 is 0 Å². The van der Waals surface area contributed by atoms with E-state index in [0.717, 1.165) is 25.8 Å². The highest BCUT2D eigenvalue weighted by atomic mass is 16.5. The monoisotopic (exact) mass is 257 g/mol. The summed E-state index contributed by atoms with van der Waals surface area (Å²) < 4.78 is 4.80. The van der Waals surface area contributed by atoms with Crippen molar-refractivity contribution >= 4 is 11.9 Å². The Hall–Kier alpha value is -1.10. The summed E-state index contributed by atoms with van der Waals surface area (Å²) in [7, 11) is 0. The number of likely N-dealkylation sites (tertiary alicyclic amines) is 1. The smallest absolute Gasteiger partial charge is 0.306 e. The van der Waals surface area contributed by atoms with Crippen molar-refractivity contribution in [3.05, 3.63) is 0 Å². The Morgan fingerprint density at radius 3 is 2.78 bits per heavy atom. The lowest BCUT2D eigenvalue weighted by molar-refractivity contribution is -0.146. The second-order valence-corrected chi connectivity index (χ2v) is 4.55. The van der Waals surface area contributed by atoms with Crippen molar-refractivity contribution in [3.8, 4) is 0 Å². The average Bonchev–Trinajstić information content (AvgIpc) is 2.37. The van der Waals surface area contributed by atoms with Gasteiger partial charge in [0.1, 0.15) is 0 Å². The fourth-order valence-corrected chi connectivity index (χ4v) is 2.36. The van der Waals surface area contributed by atoms with Gasteiger partial charge in [-0.2, -0.15) is 0 Å². The maximum absolute atomic E-state index is 12.0. The molecular weight excluding hydrogens is 234 g/mol. The maximum Gasteiger partial charge on any atom is 0.306 e. The lowest BCUT2D eigenvalue weighted by Crippen LogP contribution is -2.44. The Bertz CT molecular complexity index is 278. The lowest BCUT2D eigenvalue weighted by Gasteiger charge is -2.35. The van der Waals surface area contributed by atoms with Crippen LogP contribution in [0.3, 0.4) is 0 Å². The molecule has 0 bridgehead atoms. The quantitative estimate of drug-likeness (QED) is 0.723. The molecule has 1 N–H and O–H groups in total. The molecule has 1 aliphatic heterocycles. The molecule has 0 aliphatic carbocycles. The Labute approximate surface area is 108 Å². The normalized spacial score (nSPS) is 19.7. The first-order valence-electron chi connectivity index (χ1n) is 6.75. The van der Waals surface area contributed by atoms with Crippen LogP contribution < -0.4 is 0 Å². The number of aliphatic hydroxyl groups excluding tert-OH is 1. The number of carbonyl (C=O) groups is 2. The molecule has 1 unspecified atom stereocenters. The van der Waals surface area contributed by atoms with Crippen LogP contribution in [0.5, 0.6) is 0 Å². The van der Waals surface area contributed by atoms with Crippen LogP contribution in [0, 0.1) is 0 Å². The van der Waals surface area contributed by atoms with Crippen molar-refractivity contribution in [3.63, 3.8) is 0 Å². The number of hydrogen-bond acceptors (Lipinski definition) is 4. The zero-order chi connectivity index (χ0) is 13.4. The zero-order valence-corrected chi connectivity index (χ0v) is 11.1. The van der Waals surface area contributed by atoms with Crippen molar-refractivity contribution < 1.29 is 19.4 Å². The number of esters is 1. The van der Waals surface area contributed by atoms with E-state index >= 15 is 0 Å². The second-order valence-electron chi connectivity index (χ2n) is 4.55. The van der Waals surface area contributed by atoms with Gasteiger partial charge in [0.05, 0.1) is 13.0 Å². The molecule has 1 rings (SSSR count). The Morgan fingerprint density at radius 1 is 1.33 bits per heavy atom. The molecule has 18 heavy (non-hydrogen) atoms. The Balaban J connectivity index is 2.40. The fourth-order valence-electron chi connectivity index (χ4n) is 2.36. The summed E-state index contributed by atoms with van der Waals surface area (Å²) >= 11 is 0. The molecule has 5 nitrogen and oxygen atoms in total. The van der Waals surface area contributed by atoms with Gasteiger partial charge in [0, 0.05) is 25.6 Å². The van der Waals surface area contributed by atoms with E-state index in [1.807, 2.05) is 4.90 Å². The van der Waals surface area contributed by atoms with Gasteiger partial charge in [-0.15, -0.1) is 0 Å². The number of piperidine rings is 1. The van der Waals surface area contributed by atoms with Gasteiger partial charge in [-0.1, -0.05) is 0 Å². The average molecular weight is 257 g/mol. The van der Waals surface area contributed by atoms with Crippen LogP contribution in [-0.2, 0) is 14.3 Å². The topological polar surface area (TPSA) is 66.8 Å². The molecule has 5 heteroatoms. The fraction of sp³-hybridized carbons (Fsp3) is 0.846. The van der Waals surface area contributed by atoms with Crippen LogP contribution in [0.15, 0.2) is 0 Å². The van der Waals surface area contributed by atoms with E-state index in [2.05, 4.69) is 0 Å². The highest BCUT2D eigenvalue weighted by Crippen LogP contribution is 2.20. The van der Waals surface area contributed by atoms with Gasteiger partial charge in [0.15, 0.2) is 0 Å². The summed E-state index contributed by atoms with van der Waals surface area (Å²) in [6.45, 7) is 2.95. The number of amides is 1. The van der Waals surface area contributed by atoms with Crippen LogP contribution in [-0.4, -0.2) is 47.7 Å². The minimum absolute atomic E-state index is 0.00111. The van der Waals surface area contributed by atoms with Crippen LogP contribution in [0.1, 0.15) is 45.4 Å². The molecule has 1 saturated heterocycles. The molecule has 1 fully saturated rings. The molecule has 0 saturated carbocycles.